The number of likely N-dealkylation sites (N-methyl/N-ethyl adjacent to an activating group) is 1. The lowest BCUT2D eigenvalue weighted by Crippen LogP contribution is -2.43. The van der Waals surface area contributed by atoms with Crippen molar-refractivity contribution in [3.05, 3.63) is 0 Å². The molecule has 1 aliphatic rings. The van der Waals surface area contributed by atoms with E-state index in [1.165, 1.54) is 24.8 Å². The lowest BCUT2D eigenvalue weighted by molar-refractivity contribution is -0.142. The highest BCUT2D eigenvalue weighted by molar-refractivity contribution is 5.79. The summed E-state index contributed by atoms with van der Waals surface area (Å²) in [4.78, 5) is 5.98. The number of rotatable bonds is 11. The molecule has 0 aromatic rings. The number of ether oxygens (including phenoxy) is 1. The molecule has 0 saturated heterocycles. The fourth-order valence-corrected chi connectivity index (χ4v) is 3.38. The van der Waals surface area contributed by atoms with Gasteiger partial charge >= 0.3 is 6.18 Å². The summed E-state index contributed by atoms with van der Waals surface area (Å²) in [5, 5.41) is 6.32. The van der Waals surface area contributed by atoms with Crippen molar-refractivity contribution in [2.45, 2.75) is 52.1 Å². The van der Waals surface area contributed by atoms with Crippen molar-refractivity contribution in [3.8, 4) is 0 Å². The molecule has 1 fully saturated rings. The molecule has 0 spiro atoms. The van der Waals surface area contributed by atoms with E-state index in [-0.39, 0.29) is 5.41 Å². The standard InChI is InChI=1S/C18H35F3N4O/c1-4-22-16(23-11-12-25(3)15-18(19,20)21)24-14-17(8-6-7-9-17)10-13-26-5-2/h4-15H2,1-3H3,(H2,22,23,24). The molecule has 0 aromatic carbocycles. The fourth-order valence-electron chi connectivity index (χ4n) is 3.38. The van der Waals surface area contributed by atoms with Gasteiger partial charge < -0.3 is 15.4 Å². The summed E-state index contributed by atoms with van der Waals surface area (Å²) in [5.41, 5.74) is 0.199. The molecule has 0 radical (unpaired) electrons. The first-order valence-electron chi connectivity index (χ1n) is 9.65. The van der Waals surface area contributed by atoms with Crippen LogP contribution in [0.4, 0.5) is 13.2 Å². The van der Waals surface area contributed by atoms with Crippen LogP contribution in [0, 0.1) is 5.41 Å². The van der Waals surface area contributed by atoms with E-state index in [0.29, 0.717) is 19.0 Å². The van der Waals surface area contributed by atoms with Crippen LogP contribution in [-0.4, -0.2) is 70.0 Å². The molecule has 8 heteroatoms. The normalized spacial score (nSPS) is 17.7. The number of alkyl halides is 3. The van der Waals surface area contributed by atoms with Crippen LogP contribution >= 0.6 is 0 Å². The quantitative estimate of drug-likeness (QED) is 0.329. The molecule has 0 amide bonds. The van der Waals surface area contributed by atoms with Crippen LogP contribution in [0.2, 0.25) is 0 Å². The first kappa shape index (κ1) is 23.0. The maximum atomic E-state index is 12.4. The molecule has 1 saturated carbocycles. The minimum Gasteiger partial charge on any atom is -0.382 e. The number of aliphatic imine (C=N–C) groups is 1. The van der Waals surface area contributed by atoms with E-state index in [0.717, 1.165) is 45.6 Å². The van der Waals surface area contributed by atoms with Crippen molar-refractivity contribution in [3.63, 3.8) is 0 Å². The van der Waals surface area contributed by atoms with Crippen LogP contribution in [-0.2, 0) is 4.74 Å². The molecule has 1 aliphatic carbocycles. The molecular formula is C18H35F3N4O. The van der Waals surface area contributed by atoms with Crippen molar-refractivity contribution in [1.82, 2.24) is 15.5 Å². The number of halogens is 3. The summed E-state index contributed by atoms with van der Waals surface area (Å²) in [6, 6.07) is 0. The zero-order chi connectivity index (χ0) is 19.5. The third-order valence-electron chi connectivity index (χ3n) is 4.80. The molecule has 154 valence electrons. The fraction of sp³-hybridized carbons (Fsp3) is 0.944. The molecule has 26 heavy (non-hydrogen) atoms. The maximum absolute atomic E-state index is 12.4. The first-order chi connectivity index (χ1) is 12.3. The minimum absolute atomic E-state index is 0.199. The SMILES string of the molecule is CCNC(=NCC1(CCOCC)CCCC1)NCCN(C)CC(F)(F)F. The van der Waals surface area contributed by atoms with Crippen LogP contribution in [0.3, 0.4) is 0 Å². The summed E-state index contributed by atoms with van der Waals surface area (Å²) >= 11 is 0. The third kappa shape index (κ3) is 9.62. The van der Waals surface area contributed by atoms with Crippen molar-refractivity contribution in [2.24, 2.45) is 10.4 Å². The zero-order valence-electron chi connectivity index (χ0n) is 16.4. The average Bonchev–Trinajstić information content (AvgIpc) is 3.00. The van der Waals surface area contributed by atoms with Gasteiger partial charge in [0.05, 0.1) is 6.54 Å². The van der Waals surface area contributed by atoms with Gasteiger partial charge in [0.15, 0.2) is 5.96 Å². The monoisotopic (exact) mass is 380 g/mol. The van der Waals surface area contributed by atoms with E-state index >= 15 is 0 Å². The highest BCUT2D eigenvalue weighted by Crippen LogP contribution is 2.41. The number of nitrogens with zero attached hydrogens (tertiary/aromatic N) is 2. The summed E-state index contributed by atoms with van der Waals surface area (Å²) in [6.07, 6.45) is 1.64. The zero-order valence-corrected chi connectivity index (χ0v) is 16.4. The van der Waals surface area contributed by atoms with Crippen LogP contribution in [0.15, 0.2) is 4.99 Å². The lowest BCUT2D eigenvalue weighted by atomic mass is 9.83. The van der Waals surface area contributed by atoms with Gasteiger partial charge in [-0.15, -0.1) is 0 Å². The predicted molar refractivity (Wildman–Crippen MR) is 99.5 cm³/mol. The van der Waals surface area contributed by atoms with Gasteiger partial charge in [-0.3, -0.25) is 9.89 Å². The Morgan fingerprint density at radius 2 is 1.88 bits per heavy atom. The highest BCUT2D eigenvalue weighted by Gasteiger charge is 2.33. The van der Waals surface area contributed by atoms with E-state index in [4.69, 9.17) is 9.73 Å². The third-order valence-corrected chi connectivity index (χ3v) is 4.80. The molecule has 0 bridgehead atoms. The smallest absolute Gasteiger partial charge is 0.382 e. The molecule has 1 rings (SSSR count). The van der Waals surface area contributed by atoms with Crippen molar-refractivity contribution < 1.29 is 17.9 Å². The molecule has 0 heterocycles. The topological polar surface area (TPSA) is 48.9 Å². The van der Waals surface area contributed by atoms with E-state index in [2.05, 4.69) is 10.6 Å². The summed E-state index contributed by atoms with van der Waals surface area (Å²) in [7, 11) is 1.47. The number of guanidine groups is 1. The van der Waals surface area contributed by atoms with E-state index in [1.807, 2.05) is 13.8 Å². The average molecular weight is 380 g/mol. The Bertz CT molecular complexity index is 410. The van der Waals surface area contributed by atoms with E-state index < -0.39 is 12.7 Å². The van der Waals surface area contributed by atoms with Gasteiger partial charge in [0.1, 0.15) is 0 Å². The predicted octanol–water partition coefficient (Wildman–Crippen LogP) is 3.02. The van der Waals surface area contributed by atoms with Gasteiger partial charge in [-0.05, 0) is 45.6 Å². The summed E-state index contributed by atoms with van der Waals surface area (Å²) < 4.78 is 42.6. The van der Waals surface area contributed by atoms with Crippen LogP contribution in [0.25, 0.3) is 0 Å². The summed E-state index contributed by atoms with van der Waals surface area (Å²) in [5.74, 6) is 0.676. The van der Waals surface area contributed by atoms with Gasteiger partial charge in [0.2, 0.25) is 0 Å². The van der Waals surface area contributed by atoms with Crippen LogP contribution < -0.4 is 10.6 Å². The Morgan fingerprint density at radius 1 is 1.19 bits per heavy atom. The van der Waals surface area contributed by atoms with E-state index in [9.17, 15) is 13.2 Å². The second kappa shape index (κ2) is 11.6. The minimum atomic E-state index is -4.16. The van der Waals surface area contributed by atoms with Gasteiger partial charge in [-0.25, -0.2) is 0 Å². The Labute approximate surface area is 155 Å². The van der Waals surface area contributed by atoms with Gasteiger partial charge in [0.25, 0.3) is 0 Å². The molecule has 0 aromatic heterocycles. The van der Waals surface area contributed by atoms with Crippen LogP contribution in [0.1, 0.15) is 46.0 Å². The van der Waals surface area contributed by atoms with E-state index in [1.54, 1.807) is 0 Å². The summed E-state index contributed by atoms with van der Waals surface area (Å²) in [6.45, 7) is 6.75. The first-order valence-corrected chi connectivity index (χ1v) is 9.65. The number of hydrogen-bond donors (Lipinski definition) is 2. The molecule has 0 aliphatic heterocycles. The Hall–Kier alpha value is -1.02. The molecular weight excluding hydrogens is 345 g/mol. The molecule has 0 unspecified atom stereocenters. The Balaban J connectivity index is 2.50. The largest absolute Gasteiger partial charge is 0.401 e. The number of nitrogens with one attached hydrogen (secondary N) is 2. The molecule has 0 atom stereocenters. The maximum Gasteiger partial charge on any atom is 0.401 e. The van der Waals surface area contributed by atoms with Crippen molar-refractivity contribution in [1.29, 1.82) is 0 Å². The Kier molecular flexibility index (Phi) is 10.3. The lowest BCUT2D eigenvalue weighted by Gasteiger charge is -2.27. The second-order valence-corrected chi connectivity index (χ2v) is 7.13. The second-order valence-electron chi connectivity index (χ2n) is 7.13. The molecule has 5 nitrogen and oxygen atoms in total. The van der Waals surface area contributed by atoms with Gasteiger partial charge in [-0.2, -0.15) is 13.2 Å². The Morgan fingerprint density at radius 3 is 2.46 bits per heavy atom. The van der Waals surface area contributed by atoms with Gasteiger partial charge in [0, 0.05) is 39.4 Å². The van der Waals surface area contributed by atoms with Gasteiger partial charge in [-0.1, -0.05) is 12.8 Å². The number of hydrogen-bond acceptors (Lipinski definition) is 3. The van der Waals surface area contributed by atoms with Crippen molar-refractivity contribution in [2.75, 3.05) is 53.0 Å². The highest BCUT2D eigenvalue weighted by atomic mass is 19.4. The van der Waals surface area contributed by atoms with Crippen LogP contribution in [0.5, 0.6) is 0 Å². The molecule has 2 N–H and O–H groups in total. The van der Waals surface area contributed by atoms with Crippen molar-refractivity contribution >= 4 is 5.96 Å².